The van der Waals surface area contributed by atoms with Crippen molar-refractivity contribution in [1.29, 1.82) is 0 Å². The maximum absolute atomic E-state index is 13.4. The van der Waals surface area contributed by atoms with Crippen molar-refractivity contribution in [2.75, 3.05) is 36.4 Å². The van der Waals surface area contributed by atoms with E-state index in [9.17, 15) is 27.6 Å². The van der Waals surface area contributed by atoms with Crippen LogP contribution in [-0.2, 0) is 11.0 Å². The molecule has 1 saturated heterocycles. The van der Waals surface area contributed by atoms with E-state index in [1.54, 1.807) is 11.8 Å². The van der Waals surface area contributed by atoms with Crippen molar-refractivity contribution in [3.63, 3.8) is 0 Å². The van der Waals surface area contributed by atoms with Gasteiger partial charge in [0.25, 0.3) is 11.8 Å². The molecule has 1 fully saturated rings. The van der Waals surface area contributed by atoms with Crippen LogP contribution in [-0.4, -0.2) is 65.0 Å². The Morgan fingerprint density at radius 3 is 2.62 bits per heavy atom. The van der Waals surface area contributed by atoms with Crippen LogP contribution >= 0.6 is 0 Å². The zero-order valence-electron chi connectivity index (χ0n) is 20.7. The molecule has 3 heterocycles. The van der Waals surface area contributed by atoms with Crippen LogP contribution < -0.4 is 15.5 Å². The molecular formula is C25H29F3N6O3. The summed E-state index contributed by atoms with van der Waals surface area (Å²) in [6, 6.07) is 3.75. The number of fused-ring (bicyclic) bond motifs is 3. The molecule has 198 valence electrons. The molecule has 2 N–H and O–H groups in total. The van der Waals surface area contributed by atoms with Gasteiger partial charge in [0.05, 0.1) is 23.4 Å². The lowest BCUT2D eigenvalue weighted by Gasteiger charge is -2.44. The average Bonchev–Trinajstić information content (AvgIpc) is 2.88. The Hall–Kier alpha value is -3.70. The van der Waals surface area contributed by atoms with Crippen LogP contribution in [0.4, 0.5) is 24.7 Å². The monoisotopic (exact) mass is 518 g/mol. The van der Waals surface area contributed by atoms with Crippen molar-refractivity contribution in [3.05, 3.63) is 46.6 Å². The minimum absolute atomic E-state index is 0.0922. The molecule has 9 nitrogen and oxygen atoms in total. The molecule has 2 aliphatic rings. The van der Waals surface area contributed by atoms with Gasteiger partial charge >= 0.3 is 6.18 Å². The van der Waals surface area contributed by atoms with E-state index in [2.05, 4.69) is 27.8 Å². The molecule has 0 radical (unpaired) electrons. The van der Waals surface area contributed by atoms with Crippen molar-refractivity contribution < 1.29 is 27.6 Å². The fourth-order valence-electron chi connectivity index (χ4n) is 4.65. The summed E-state index contributed by atoms with van der Waals surface area (Å²) in [4.78, 5) is 41.6. The van der Waals surface area contributed by atoms with Gasteiger partial charge in [0.1, 0.15) is 6.04 Å². The fraction of sp³-hybridized carbons (Fsp3) is 0.480. The van der Waals surface area contributed by atoms with E-state index >= 15 is 0 Å². The first kappa shape index (κ1) is 26.4. The van der Waals surface area contributed by atoms with Crippen LogP contribution in [0.15, 0.2) is 24.3 Å². The molecule has 0 bridgehead atoms. The van der Waals surface area contributed by atoms with E-state index in [-0.39, 0.29) is 31.2 Å². The molecule has 12 heteroatoms. The maximum atomic E-state index is 13.4. The van der Waals surface area contributed by atoms with Gasteiger partial charge in [-0.25, -0.2) is 0 Å². The number of aromatic nitrogens is 2. The second-order valence-electron chi connectivity index (χ2n) is 9.18. The third-order valence-electron chi connectivity index (χ3n) is 6.68. The van der Waals surface area contributed by atoms with Gasteiger partial charge in [0.2, 0.25) is 5.91 Å². The lowest BCUT2D eigenvalue weighted by molar-refractivity contribution is -0.138. The van der Waals surface area contributed by atoms with E-state index in [0.29, 0.717) is 23.6 Å². The number of carbonyl (C=O) groups excluding carboxylic acids is 3. The van der Waals surface area contributed by atoms with Crippen molar-refractivity contribution >= 4 is 29.2 Å². The summed E-state index contributed by atoms with van der Waals surface area (Å²) in [7, 11) is 0. The lowest BCUT2D eigenvalue weighted by Crippen LogP contribution is -2.61. The number of halogens is 3. The molecule has 2 aliphatic heterocycles. The molecule has 1 aromatic carbocycles. The van der Waals surface area contributed by atoms with E-state index in [1.807, 2.05) is 0 Å². The van der Waals surface area contributed by atoms with E-state index in [1.165, 1.54) is 17.0 Å². The van der Waals surface area contributed by atoms with Gasteiger partial charge < -0.3 is 20.4 Å². The van der Waals surface area contributed by atoms with Crippen LogP contribution in [0, 0.1) is 6.92 Å². The average molecular weight is 519 g/mol. The Morgan fingerprint density at radius 1 is 1.14 bits per heavy atom. The predicted molar refractivity (Wildman–Crippen MR) is 130 cm³/mol. The second-order valence-corrected chi connectivity index (χ2v) is 9.18. The third-order valence-corrected chi connectivity index (χ3v) is 6.68. The molecule has 3 amide bonds. The van der Waals surface area contributed by atoms with Gasteiger partial charge in [-0.2, -0.15) is 13.2 Å². The number of anilines is 2. The fourth-order valence-corrected chi connectivity index (χ4v) is 4.65. The molecule has 1 unspecified atom stereocenters. The second kappa shape index (κ2) is 10.7. The Balaban J connectivity index is 1.50. The van der Waals surface area contributed by atoms with Crippen molar-refractivity contribution in [2.24, 2.45) is 0 Å². The lowest BCUT2D eigenvalue weighted by atomic mass is 10.0. The Bertz CT molecular complexity index is 1200. The molecular weight excluding hydrogens is 489 g/mol. The first-order valence-corrected chi connectivity index (χ1v) is 12.3. The van der Waals surface area contributed by atoms with Crippen molar-refractivity contribution in [3.8, 4) is 0 Å². The van der Waals surface area contributed by atoms with Gasteiger partial charge in [0, 0.05) is 25.2 Å². The normalized spacial score (nSPS) is 17.1. The number of carbonyl (C=O) groups is 3. The van der Waals surface area contributed by atoms with Crippen LogP contribution in [0.1, 0.15) is 64.6 Å². The number of nitrogens with zero attached hydrogens (tertiary/aromatic N) is 4. The zero-order valence-corrected chi connectivity index (χ0v) is 20.7. The number of piperazine rings is 1. The number of rotatable bonds is 7. The molecule has 0 aliphatic carbocycles. The largest absolute Gasteiger partial charge is 0.417 e. The number of nitrogens with one attached hydrogen (secondary N) is 2. The molecule has 2 aromatic rings. The highest BCUT2D eigenvalue weighted by Crippen LogP contribution is 2.36. The van der Waals surface area contributed by atoms with E-state index in [4.69, 9.17) is 0 Å². The number of alkyl halides is 3. The first-order valence-electron chi connectivity index (χ1n) is 12.3. The minimum Gasteiger partial charge on any atom is -0.351 e. The summed E-state index contributed by atoms with van der Waals surface area (Å²) >= 11 is 0. The Labute approximate surface area is 212 Å². The van der Waals surface area contributed by atoms with Crippen LogP contribution in [0.5, 0.6) is 0 Å². The number of unbranched alkanes of at least 4 members (excludes halogenated alkanes) is 3. The van der Waals surface area contributed by atoms with Gasteiger partial charge in [-0.05, 0) is 25.5 Å². The van der Waals surface area contributed by atoms with Crippen LogP contribution in [0.3, 0.4) is 0 Å². The molecule has 0 saturated carbocycles. The number of hydrogen-bond acceptors (Lipinski definition) is 6. The zero-order chi connectivity index (χ0) is 26.7. The predicted octanol–water partition coefficient (Wildman–Crippen LogP) is 3.40. The van der Waals surface area contributed by atoms with Crippen molar-refractivity contribution in [2.45, 2.75) is 51.7 Å². The summed E-state index contributed by atoms with van der Waals surface area (Å²) in [6.07, 6.45) is -0.630. The minimum atomic E-state index is -4.68. The van der Waals surface area contributed by atoms with Crippen LogP contribution in [0.25, 0.3) is 0 Å². The Morgan fingerprint density at radius 2 is 1.89 bits per heavy atom. The highest BCUT2D eigenvalue weighted by Gasteiger charge is 2.42. The molecule has 4 rings (SSSR count). The number of hydrogen-bond donors (Lipinski definition) is 2. The smallest absolute Gasteiger partial charge is 0.351 e. The summed E-state index contributed by atoms with van der Waals surface area (Å²) in [6.45, 7) is 4.44. The SMILES string of the molecule is CCCCCCNC(=O)c1nnc2c(c1C)NC(=O)C1CN(C(=O)c3ccccc3C(F)(F)F)CCN21. The first-order chi connectivity index (χ1) is 17.6. The van der Waals surface area contributed by atoms with E-state index in [0.717, 1.165) is 37.8 Å². The van der Waals surface area contributed by atoms with Gasteiger partial charge in [0.15, 0.2) is 11.5 Å². The molecule has 1 aromatic heterocycles. The summed E-state index contributed by atoms with van der Waals surface area (Å²) in [5.74, 6) is -1.24. The van der Waals surface area contributed by atoms with Gasteiger partial charge in [-0.1, -0.05) is 38.3 Å². The maximum Gasteiger partial charge on any atom is 0.417 e. The molecule has 37 heavy (non-hydrogen) atoms. The standard InChI is InChI=1S/C25H29F3N6O3/c1-3-4-5-8-11-29-23(36)20-15(2)19-21(32-31-20)34-13-12-33(14-18(34)22(35)30-19)24(37)16-9-6-7-10-17(16)25(26,27)28/h6-7,9-10,18H,3-5,8,11-14H2,1-2H3,(H,29,36)(H,30,35). The number of benzene rings is 1. The van der Waals surface area contributed by atoms with Gasteiger partial charge in [-0.3, -0.25) is 14.4 Å². The summed E-state index contributed by atoms with van der Waals surface area (Å²) in [5.41, 5.74) is -0.514. The molecule has 0 spiro atoms. The quantitative estimate of drug-likeness (QED) is 0.544. The van der Waals surface area contributed by atoms with Crippen molar-refractivity contribution in [1.82, 2.24) is 20.4 Å². The Kier molecular flexibility index (Phi) is 7.65. The van der Waals surface area contributed by atoms with Crippen LogP contribution in [0.2, 0.25) is 0 Å². The topological polar surface area (TPSA) is 108 Å². The summed E-state index contributed by atoms with van der Waals surface area (Å²) in [5, 5.41) is 13.9. The van der Waals surface area contributed by atoms with E-state index < -0.39 is 35.2 Å². The highest BCUT2D eigenvalue weighted by molar-refractivity contribution is 6.06. The third kappa shape index (κ3) is 5.37. The molecule has 1 atom stereocenters. The number of amides is 3. The summed E-state index contributed by atoms with van der Waals surface area (Å²) < 4.78 is 40.3. The van der Waals surface area contributed by atoms with Gasteiger partial charge in [-0.15, -0.1) is 10.2 Å². The highest BCUT2D eigenvalue weighted by atomic mass is 19.4.